The second-order valence-corrected chi connectivity index (χ2v) is 8.84. The summed E-state index contributed by atoms with van der Waals surface area (Å²) in [6.07, 6.45) is -1.95. The molecule has 0 bridgehead atoms. The van der Waals surface area contributed by atoms with Crippen molar-refractivity contribution >= 4 is 33.5 Å². The Morgan fingerprint density at radius 1 is 1.00 bits per heavy atom. The number of hydrogen-bond acceptors (Lipinski definition) is 6. The number of carbonyl (C=O) groups excluding carboxylic acids is 3. The van der Waals surface area contributed by atoms with Gasteiger partial charge in [-0.1, -0.05) is 43.6 Å². The van der Waals surface area contributed by atoms with Crippen LogP contribution >= 0.6 is 15.9 Å². The number of halogens is 1. The van der Waals surface area contributed by atoms with Crippen LogP contribution in [0.15, 0.2) is 0 Å². The highest BCUT2D eigenvalue weighted by molar-refractivity contribution is 9.09. The number of aliphatic hydroxyl groups excluding tert-OH is 2. The Balaban J connectivity index is 3.15. The van der Waals surface area contributed by atoms with Crippen molar-refractivity contribution in [2.75, 3.05) is 5.33 Å². The van der Waals surface area contributed by atoms with E-state index in [4.69, 9.17) is 4.74 Å². The van der Waals surface area contributed by atoms with Crippen molar-refractivity contribution in [3.05, 3.63) is 0 Å². The Hall–Kier alpha value is -0.790. The molecule has 0 aromatic rings. The van der Waals surface area contributed by atoms with Crippen molar-refractivity contribution in [1.82, 2.24) is 0 Å². The van der Waals surface area contributed by atoms with E-state index >= 15 is 0 Å². The highest BCUT2D eigenvalue weighted by Crippen LogP contribution is 2.27. The summed E-state index contributed by atoms with van der Waals surface area (Å²) in [6, 6.07) is 0. The Labute approximate surface area is 170 Å². The summed E-state index contributed by atoms with van der Waals surface area (Å²) in [5, 5.41) is 20.8. The van der Waals surface area contributed by atoms with Crippen LogP contribution in [0.5, 0.6) is 0 Å². The van der Waals surface area contributed by atoms with Gasteiger partial charge in [-0.2, -0.15) is 0 Å². The number of esters is 1. The van der Waals surface area contributed by atoms with Crippen molar-refractivity contribution in [2.24, 2.45) is 29.6 Å². The normalized spacial score (nSPS) is 38.8. The molecule has 1 aliphatic rings. The lowest BCUT2D eigenvalue weighted by Gasteiger charge is -2.30. The molecule has 0 radical (unpaired) electrons. The molecule has 7 heteroatoms. The molecular weight excluding hydrogens is 416 g/mol. The first-order valence-corrected chi connectivity index (χ1v) is 10.8. The Bertz CT molecular complexity index is 537. The van der Waals surface area contributed by atoms with Gasteiger partial charge in [0.1, 0.15) is 29.7 Å². The molecule has 0 spiro atoms. The molecule has 6 nitrogen and oxygen atoms in total. The number of aliphatic hydroxyl groups is 2. The van der Waals surface area contributed by atoms with E-state index in [1.165, 1.54) is 6.92 Å². The number of rotatable bonds is 2. The second kappa shape index (κ2) is 10.7. The molecule has 0 aliphatic carbocycles. The molecule has 0 aromatic carbocycles. The van der Waals surface area contributed by atoms with Crippen LogP contribution in [-0.4, -0.2) is 51.4 Å². The summed E-state index contributed by atoms with van der Waals surface area (Å²) in [5.74, 6) is -2.96. The average Bonchev–Trinajstić information content (AvgIpc) is 2.62. The van der Waals surface area contributed by atoms with E-state index < -0.39 is 36.1 Å². The number of Topliss-reactive ketones (excluding diaryl/α,β-unsaturated/α-hetero) is 2. The van der Waals surface area contributed by atoms with Gasteiger partial charge >= 0.3 is 5.97 Å². The molecule has 3 unspecified atom stereocenters. The Morgan fingerprint density at radius 3 is 2.04 bits per heavy atom. The second-order valence-electron chi connectivity index (χ2n) is 8.19. The third-order valence-corrected chi connectivity index (χ3v) is 6.28. The van der Waals surface area contributed by atoms with Crippen molar-refractivity contribution in [3.8, 4) is 0 Å². The van der Waals surface area contributed by atoms with E-state index in [1.807, 2.05) is 13.8 Å². The molecule has 0 aromatic heterocycles. The summed E-state index contributed by atoms with van der Waals surface area (Å²) in [5.41, 5.74) is 0. The number of hydrogen-bond donors (Lipinski definition) is 2. The van der Waals surface area contributed by atoms with Crippen molar-refractivity contribution in [1.29, 1.82) is 0 Å². The SMILES string of the molecule is CC1C(=O)O[C@H](C(O)CBr)CC(O)[C@@H](C)C(=O)[C@H](C)C[C@H](C)C[C@@H](C)C1=O. The summed E-state index contributed by atoms with van der Waals surface area (Å²) in [6.45, 7) is 8.80. The zero-order chi connectivity index (χ0) is 20.9. The fourth-order valence-corrected chi connectivity index (χ4v) is 4.21. The molecule has 0 amide bonds. The number of ether oxygens (including phenoxy) is 1. The Kier molecular flexibility index (Phi) is 9.58. The van der Waals surface area contributed by atoms with E-state index in [9.17, 15) is 24.6 Å². The third kappa shape index (κ3) is 6.64. The Morgan fingerprint density at radius 2 is 1.52 bits per heavy atom. The number of cyclic esters (lactones) is 1. The number of alkyl halides is 1. The molecule has 1 aliphatic heterocycles. The average molecular weight is 449 g/mol. The van der Waals surface area contributed by atoms with Crippen LogP contribution in [0.3, 0.4) is 0 Å². The summed E-state index contributed by atoms with van der Waals surface area (Å²) < 4.78 is 5.38. The van der Waals surface area contributed by atoms with Crippen LogP contribution in [0, 0.1) is 29.6 Å². The topological polar surface area (TPSA) is 101 Å². The minimum atomic E-state index is -1.05. The van der Waals surface area contributed by atoms with Gasteiger partial charge < -0.3 is 14.9 Å². The monoisotopic (exact) mass is 448 g/mol. The lowest BCUT2D eigenvalue weighted by Crippen LogP contribution is -2.42. The first-order chi connectivity index (χ1) is 12.5. The summed E-state index contributed by atoms with van der Waals surface area (Å²) in [4.78, 5) is 37.7. The van der Waals surface area contributed by atoms with Gasteiger partial charge in [-0.15, -0.1) is 0 Å². The predicted octanol–water partition coefficient (Wildman–Crippen LogP) is 2.52. The maximum atomic E-state index is 12.7. The molecule has 1 fully saturated rings. The number of ketones is 2. The smallest absolute Gasteiger partial charge is 0.316 e. The summed E-state index contributed by atoms with van der Waals surface area (Å²) in [7, 11) is 0. The first kappa shape index (κ1) is 24.2. The maximum absolute atomic E-state index is 12.7. The molecule has 2 N–H and O–H groups in total. The van der Waals surface area contributed by atoms with E-state index in [-0.39, 0.29) is 41.1 Å². The van der Waals surface area contributed by atoms with Crippen molar-refractivity contribution in [3.63, 3.8) is 0 Å². The molecule has 27 heavy (non-hydrogen) atoms. The minimum Gasteiger partial charge on any atom is -0.459 e. The largest absolute Gasteiger partial charge is 0.459 e. The van der Waals surface area contributed by atoms with Crippen molar-refractivity contribution < 1.29 is 29.3 Å². The van der Waals surface area contributed by atoms with E-state index in [1.54, 1.807) is 13.8 Å². The van der Waals surface area contributed by atoms with E-state index in [2.05, 4.69) is 15.9 Å². The van der Waals surface area contributed by atoms with Crippen LogP contribution in [0.25, 0.3) is 0 Å². The predicted molar refractivity (Wildman–Crippen MR) is 105 cm³/mol. The van der Waals surface area contributed by atoms with Gasteiger partial charge in [-0.25, -0.2) is 0 Å². The standard InChI is InChI=1S/C20H33BrO6/c1-10-6-11(2)18(24)13(4)15(22)8-17(16(23)9-21)27-20(26)14(5)19(25)12(3)7-10/h10-17,22-23H,6-9H2,1-5H3/t10-,11+,12+,13+,14?,15?,16?,17-/m0/s1. The fraction of sp³-hybridized carbons (Fsp3) is 0.850. The molecule has 0 saturated carbocycles. The van der Waals surface area contributed by atoms with Crippen LogP contribution in [0.2, 0.25) is 0 Å². The van der Waals surface area contributed by atoms with Crippen molar-refractivity contribution in [2.45, 2.75) is 72.2 Å². The zero-order valence-electron chi connectivity index (χ0n) is 16.9. The molecular formula is C20H33BrO6. The molecule has 1 rings (SSSR count). The van der Waals surface area contributed by atoms with Gasteiger partial charge in [0.15, 0.2) is 0 Å². The van der Waals surface area contributed by atoms with Gasteiger partial charge in [0.2, 0.25) is 0 Å². The fourth-order valence-electron chi connectivity index (χ4n) is 3.79. The van der Waals surface area contributed by atoms with E-state index in [0.717, 1.165) is 0 Å². The van der Waals surface area contributed by atoms with Gasteiger partial charge in [0, 0.05) is 29.5 Å². The van der Waals surface area contributed by atoms with E-state index in [0.29, 0.717) is 12.8 Å². The third-order valence-electron chi connectivity index (χ3n) is 5.62. The van der Waals surface area contributed by atoms with Crippen LogP contribution in [0.4, 0.5) is 0 Å². The van der Waals surface area contributed by atoms with Gasteiger partial charge in [0.25, 0.3) is 0 Å². The highest BCUT2D eigenvalue weighted by atomic mass is 79.9. The zero-order valence-corrected chi connectivity index (χ0v) is 18.4. The lowest BCUT2D eigenvalue weighted by molar-refractivity contribution is -0.164. The van der Waals surface area contributed by atoms with Gasteiger partial charge in [-0.3, -0.25) is 14.4 Å². The minimum absolute atomic E-state index is 0.0582. The van der Waals surface area contributed by atoms with Gasteiger partial charge in [-0.05, 0) is 25.7 Å². The lowest BCUT2D eigenvalue weighted by atomic mass is 9.80. The maximum Gasteiger partial charge on any atom is 0.316 e. The van der Waals surface area contributed by atoms with Crippen LogP contribution in [0.1, 0.15) is 53.9 Å². The van der Waals surface area contributed by atoms with Crippen LogP contribution in [-0.2, 0) is 19.1 Å². The number of carbonyl (C=O) groups is 3. The molecule has 1 heterocycles. The van der Waals surface area contributed by atoms with Gasteiger partial charge in [0.05, 0.1) is 6.10 Å². The summed E-state index contributed by atoms with van der Waals surface area (Å²) >= 11 is 3.14. The molecule has 156 valence electrons. The first-order valence-electron chi connectivity index (χ1n) is 9.69. The highest BCUT2D eigenvalue weighted by Gasteiger charge is 2.36. The molecule has 1 saturated heterocycles. The molecule has 8 atom stereocenters. The quantitative estimate of drug-likeness (QED) is 0.382. The van der Waals surface area contributed by atoms with Crippen LogP contribution < -0.4 is 0 Å².